The molecule has 4 rings (SSSR count). The van der Waals surface area contributed by atoms with Gasteiger partial charge in [0.1, 0.15) is 0 Å². The average Bonchev–Trinajstić information content (AvgIpc) is 3.50. The van der Waals surface area contributed by atoms with E-state index in [4.69, 9.17) is 9.47 Å². The van der Waals surface area contributed by atoms with E-state index < -0.39 is 41.3 Å². The van der Waals surface area contributed by atoms with Crippen molar-refractivity contribution in [3.05, 3.63) is 87.8 Å². The molecule has 1 unspecified atom stereocenters. The fourth-order valence-electron chi connectivity index (χ4n) is 5.05. The summed E-state index contributed by atoms with van der Waals surface area (Å²) >= 11 is 0. The summed E-state index contributed by atoms with van der Waals surface area (Å²) in [6.07, 6.45) is 2.15. The fraction of sp³-hybridized carbons (Fsp3) is 0.351. The van der Waals surface area contributed by atoms with Crippen LogP contribution in [0.15, 0.2) is 75.7 Å². The number of carbonyl (C=O) groups is 5. The molecule has 0 aliphatic rings. The Labute approximate surface area is 300 Å². The number of rotatable bonds is 18. The van der Waals surface area contributed by atoms with Gasteiger partial charge in [0.15, 0.2) is 5.78 Å². The molecule has 15 nitrogen and oxygen atoms in total. The number of hydrogen-bond donors (Lipinski definition) is 4. The van der Waals surface area contributed by atoms with Gasteiger partial charge in [-0.3, -0.25) is 14.4 Å². The Bertz CT molecular complexity index is 1980. The topological polar surface area (TPSA) is 204 Å². The van der Waals surface area contributed by atoms with Gasteiger partial charge >= 0.3 is 17.6 Å². The van der Waals surface area contributed by atoms with Crippen LogP contribution in [-0.4, -0.2) is 83.3 Å². The molecule has 0 saturated carbocycles. The number of fused-ring (bicyclic) bond motifs is 1. The Morgan fingerprint density at radius 2 is 1.38 bits per heavy atom. The third-order valence-electron chi connectivity index (χ3n) is 7.97. The van der Waals surface area contributed by atoms with Crippen molar-refractivity contribution in [1.29, 1.82) is 0 Å². The first kappa shape index (κ1) is 38.8. The van der Waals surface area contributed by atoms with E-state index in [1.165, 1.54) is 49.4 Å². The number of unbranched alkanes of at least 4 members (excludes halogenated alkanes) is 1. The first-order valence-electron chi connectivity index (χ1n) is 17.1. The summed E-state index contributed by atoms with van der Waals surface area (Å²) in [4.78, 5) is 83.0. The lowest BCUT2D eigenvalue weighted by Gasteiger charge is -2.17. The number of Topliss-reactive ketones (excluding diaryl/α,β-unsaturated/α-hetero) is 1. The van der Waals surface area contributed by atoms with E-state index in [-0.39, 0.29) is 41.3 Å². The molecule has 2 amide bonds. The van der Waals surface area contributed by atoms with E-state index in [1.807, 2.05) is 6.92 Å². The van der Waals surface area contributed by atoms with Crippen LogP contribution in [0.1, 0.15) is 78.0 Å². The largest absolute Gasteiger partial charge is 0.462 e. The van der Waals surface area contributed by atoms with Crippen molar-refractivity contribution >= 4 is 57.6 Å². The molecule has 1 heterocycles. The van der Waals surface area contributed by atoms with Gasteiger partial charge in [0.2, 0.25) is 6.04 Å². The number of azo groups is 1. The predicted molar refractivity (Wildman–Crippen MR) is 195 cm³/mol. The smallest absolute Gasteiger partial charge is 0.338 e. The van der Waals surface area contributed by atoms with Crippen LogP contribution in [0.2, 0.25) is 0 Å². The number of carbonyl (C=O) groups excluding carboxylic acids is 5. The van der Waals surface area contributed by atoms with Gasteiger partial charge in [-0.2, -0.15) is 10.2 Å². The van der Waals surface area contributed by atoms with Crippen molar-refractivity contribution in [3.8, 4) is 0 Å². The zero-order chi connectivity index (χ0) is 37.6. The summed E-state index contributed by atoms with van der Waals surface area (Å²) in [5, 5.41) is 13.3. The average molecular weight is 714 g/mol. The number of nitrogens with one attached hydrogen (secondary N) is 4. The lowest BCUT2D eigenvalue weighted by atomic mass is 10.1. The highest BCUT2D eigenvalue weighted by atomic mass is 16.5. The number of H-pyrrole nitrogens is 2. The van der Waals surface area contributed by atoms with Crippen LogP contribution in [0.3, 0.4) is 0 Å². The number of ether oxygens (including phenoxy) is 2. The number of ketones is 1. The molecule has 0 fully saturated rings. The third-order valence-corrected chi connectivity index (χ3v) is 7.97. The highest BCUT2D eigenvalue weighted by Crippen LogP contribution is 2.21. The van der Waals surface area contributed by atoms with Gasteiger partial charge in [-0.15, -0.1) is 0 Å². The third kappa shape index (κ3) is 11.0. The summed E-state index contributed by atoms with van der Waals surface area (Å²) < 4.78 is 10.8. The van der Waals surface area contributed by atoms with Crippen molar-refractivity contribution in [1.82, 2.24) is 14.9 Å². The number of nitrogens with zero attached hydrogens (tertiary/aromatic N) is 3. The fourth-order valence-corrected chi connectivity index (χ4v) is 5.05. The summed E-state index contributed by atoms with van der Waals surface area (Å²) in [6, 6.07) is 13.4. The molecule has 52 heavy (non-hydrogen) atoms. The molecule has 0 spiro atoms. The highest BCUT2D eigenvalue weighted by molar-refractivity contribution is 6.10. The van der Waals surface area contributed by atoms with Gasteiger partial charge in [-0.1, -0.05) is 27.2 Å². The van der Waals surface area contributed by atoms with E-state index in [0.29, 0.717) is 29.6 Å². The second kappa shape index (κ2) is 18.9. The normalized spacial score (nSPS) is 11.8. The number of anilines is 2. The minimum absolute atomic E-state index is 0.0860. The molecule has 15 heteroatoms. The van der Waals surface area contributed by atoms with Gasteiger partial charge in [0, 0.05) is 23.5 Å². The molecule has 0 bridgehead atoms. The minimum atomic E-state index is -1.45. The number of imidazole rings is 1. The Kier molecular flexibility index (Phi) is 14.1. The molecule has 0 aliphatic carbocycles. The molecule has 274 valence electrons. The number of esters is 2. The molecule has 1 aromatic heterocycles. The molecule has 0 aliphatic heterocycles. The van der Waals surface area contributed by atoms with E-state index in [9.17, 15) is 28.8 Å². The summed E-state index contributed by atoms with van der Waals surface area (Å²) in [5.41, 5.74) is 1.83. The first-order valence-corrected chi connectivity index (χ1v) is 17.1. The van der Waals surface area contributed by atoms with Crippen LogP contribution < -0.4 is 16.3 Å². The maximum atomic E-state index is 13.2. The predicted octanol–water partition coefficient (Wildman–Crippen LogP) is 5.63. The number of benzene rings is 3. The SMILES string of the molecule is CCCCOC(=O)c1cc(NC(=O)c2ccc(N=NC(C(C)=O)C(=O)Nc3ccc4[nH]c(=O)[nH]c4c3)cc2)cc(C(=O)OCCCN(CC)CC)c1. The number of hydrogen-bond acceptors (Lipinski definition) is 11. The lowest BCUT2D eigenvalue weighted by molar-refractivity contribution is -0.126. The van der Waals surface area contributed by atoms with Crippen LogP contribution in [0.5, 0.6) is 0 Å². The van der Waals surface area contributed by atoms with Gasteiger partial charge < -0.3 is 35.0 Å². The monoisotopic (exact) mass is 713 g/mol. The van der Waals surface area contributed by atoms with E-state index >= 15 is 0 Å². The van der Waals surface area contributed by atoms with Crippen LogP contribution in [0.25, 0.3) is 11.0 Å². The van der Waals surface area contributed by atoms with Crippen LogP contribution >= 0.6 is 0 Å². The standard InChI is InChI=1S/C37H43N7O8/c1-5-8-17-51-35(48)25-19-26(36(49)52-18-9-16-44(6-2)7-3)21-29(20-25)39-33(46)24-10-12-27(13-11-24)42-43-32(23(4)45)34(47)38-28-14-15-30-31(22-28)41-37(50)40-30/h10-15,19-22,32H,5-9,16-18H2,1-4H3,(H,38,47)(H,39,46)(H2,40,41,50). The number of amides is 2. The molecule has 1 atom stereocenters. The molecular weight excluding hydrogens is 670 g/mol. The van der Waals surface area contributed by atoms with Crippen molar-refractivity contribution in [3.63, 3.8) is 0 Å². The van der Waals surface area contributed by atoms with Gasteiger partial charge in [0.25, 0.3) is 11.8 Å². The second-order valence-electron chi connectivity index (χ2n) is 11.9. The van der Waals surface area contributed by atoms with Crippen molar-refractivity contribution in [2.45, 2.75) is 53.0 Å². The summed E-state index contributed by atoms with van der Waals surface area (Å²) in [5.74, 6) is -3.08. The highest BCUT2D eigenvalue weighted by Gasteiger charge is 2.23. The van der Waals surface area contributed by atoms with Crippen molar-refractivity contribution in [2.75, 3.05) is 43.5 Å². The minimum Gasteiger partial charge on any atom is -0.462 e. The molecule has 3 aromatic carbocycles. The van der Waals surface area contributed by atoms with Gasteiger partial charge in [-0.25, -0.2) is 14.4 Å². The zero-order valence-electron chi connectivity index (χ0n) is 29.6. The molecule has 4 N–H and O–H groups in total. The van der Waals surface area contributed by atoms with E-state index in [1.54, 1.807) is 18.2 Å². The van der Waals surface area contributed by atoms with Crippen molar-refractivity contribution in [2.24, 2.45) is 10.2 Å². The Balaban J connectivity index is 1.43. The maximum Gasteiger partial charge on any atom is 0.338 e. The zero-order valence-corrected chi connectivity index (χ0v) is 29.6. The number of aromatic nitrogens is 2. The molecular formula is C37H43N7O8. The summed E-state index contributed by atoms with van der Waals surface area (Å²) in [6.45, 7) is 10.3. The Morgan fingerprint density at radius 1 is 0.750 bits per heavy atom. The molecule has 4 aromatic rings. The molecule has 0 radical (unpaired) electrons. The van der Waals surface area contributed by atoms with Gasteiger partial charge in [0.05, 0.1) is 41.1 Å². The number of aromatic amines is 2. The van der Waals surface area contributed by atoms with E-state index in [0.717, 1.165) is 26.1 Å². The lowest BCUT2D eigenvalue weighted by Crippen LogP contribution is -2.31. The second-order valence-corrected chi connectivity index (χ2v) is 11.9. The Morgan fingerprint density at radius 3 is 2.00 bits per heavy atom. The van der Waals surface area contributed by atoms with Crippen molar-refractivity contribution < 1.29 is 33.4 Å². The van der Waals surface area contributed by atoms with E-state index in [2.05, 4.69) is 49.6 Å². The first-order chi connectivity index (χ1) is 25.0. The Hall–Kier alpha value is -5.96. The van der Waals surface area contributed by atoms with Crippen LogP contribution in [0, 0.1) is 0 Å². The van der Waals surface area contributed by atoms with Crippen LogP contribution in [-0.2, 0) is 19.1 Å². The molecule has 0 saturated heterocycles. The van der Waals surface area contributed by atoms with Gasteiger partial charge in [-0.05, 0) is 93.5 Å². The quantitative estimate of drug-likeness (QED) is 0.0436. The maximum absolute atomic E-state index is 13.2. The summed E-state index contributed by atoms with van der Waals surface area (Å²) in [7, 11) is 0. The van der Waals surface area contributed by atoms with Crippen LogP contribution in [0.4, 0.5) is 17.1 Å².